The molecule has 4 rings (SSSR count). The smallest absolute Gasteiger partial charge is 0.243 e. The summed E-state index contributed by atoms with van der Waals surface area (Å²) in [5.41, 5.74) is 3.31. The fourth-order valence-electron chi connectivity index (χ4n) is 4.19. The number of carbonyl (C=O) groups is 1. The van der Waals surface area contributed by atoms with Crippen LogP contribution in [0.5, 0.6) is 0 Å². The van der Waals surface area contributed by atoms with E-state index < -0.39 is 10.0 Å². The van der Waals surface area contributed by atoms with Crippen LogP contribution >= 0.6 is 0 Å². The van der Waals surface area contributed by atoms with Gasteiger partial charge in [0.05, 0.1) is 4.90 Å². The molecule has 0 unspecified atom stereocenters. The van der Waals surface area contributed by atoms with Gasteiger partial charge >= 0.3 is 0 Å². The first-order valence-electron chi connectivity index (χ1n) is 11.4. The van der Waals surface area contributed by atoms with Crippen LogP contribution in [0.4, 0.5) is 0 Å². The third-order valence-electron chi connectivity index (χ3n) is 6.20. The molecule has 1 fully saturated rings. The van der Waals surface area contributed by atoms with Gasteiger partial charge in [0.2, 0.25) is 15.9 Å². The van der Waals surface area contributed by atoms with Gasteiger partial charge in [-0.25, -0.2) is 8.42 Å². The highest BCUT2D eigenvalue weighted by Gasteiger charge is 2.26. The van der Waals surface area contributed by atoms with Gasteiger partial charge in [0.15, 0.2) is 0 Å². The standard InChI is InChI=1S/C25H31N3O3S/c1-2-20-6-8-21(9-7-20)19-26-25(29)13-17-27-16-12-22-18-23(10-11-24(22)27)32(30,31)28-14-4-3-5-15-28/h6-12,16,18H,2-5,13-15,17,19H2,1H3,(H,26,29). The Balaban J connectivity index is 1.37. The second-order valence-electron chi connectivity index (χ2n) is 8.39. The van der Waals surface area contributed by atoms with Crippen LogP contribution in [0.15, 0.2) is 59.6 Å². The van der Waals surface area contributed by atoms with Crippen LogP contribution in [0.3, 0.4) is 0 Å². The maximum Gasteiger partial charge on any atom is 0.243 e. The van der Waals surface area contributed by atoms with E-state index in [-0.39, 0.29) is 5.91 Å². The van der Waals surface area contributed by atoms with Crippen molar-refractivity contribution >= 4 is 26.8 Å². The topological polar surface area (TPSA) is 71.4 Å². The molecule has 170 valence electrons. The molecule has 6 nitrogen and oxygen atoms in total. The molecule has 1 aliphatic heterocycles. The molecule has 0 atom stereocenters. The molecule has 7 heteroatoms. The van der Waals surface area contributed by atoms with Gasteiger partial charge in [-0.2, -0.15) is 4.31 Å². The van der Waals surface area contributed by atoms with Gasteiger partial charge in [-0.15, -0.1) is 0 Å². The molecule has 1 aromatic heterocycles. The summed E-state index contributed by atoms with van der Waals surface area (Å²) in [5, 5.41) is 3.85. The predicted octanol–water partition coefficient (Wildman–Crippen LogP) is 4.08. The summed E-state index contributed by atoms with van der Waals surface area (Å²) in [6.45, 7) is 4.38. The average Bonchev–Trinajstić information content (AvgIpc) is 3.24. The number of fused-ring (bicyclic) bond motifs is 1. The number of rotatable bonds is 8. The summed E-state index contributed by atoms with van der Waals surface area (Å²) in [6.07, 6.45) is 6.22. The highest BCUT2D eigenvalue weighted by Crippen LogP contribution is 2.25. The highest BCUT2D eigenvalue weighted by atomic mass is 32.2. The summed E-state index contributed by atoms with van der Waals surface area (Å²) in [7, 11) is -3.45. The van der Waals surface area contributed by atoms with E-state index in [1.165, 1.54) is 5.56 Å². The molecule has 0 radical (unpaired) electrons. The van der Waals surface area contributed by atoms with Gasteiger partial charge in [0.1, 0.15) is 0 Å². The number of nitrogens with one attached hydrogen (secondary N) is 1. The van der Waals surface area contributed by atoms with Crippen molar-refractivity contribution in [2.24, 2.45) is 0 Å². The second kappa shape index (κ2) is 9.88. The summed E-state index contributed by atoms with van der Waals surface area (Å²) in [5.74, 6) is -0.00397. The molecular weight excluding hydrogens is 422 g/mol. The summed E-state index contributed by atoms with van der Waals surface area (Å²) >= 11 is 0. The van der Waals surface area contributed by atoms with Crippen LogP contribution in [-0.4, -0.2) is 36.3 Å². The molecule has 32 heavy (non-hydrogen) atoms. The van der Waals surface area contributed by atoms with E-state index in [1.54, 1.807) is 16.4 Å². The normalized spacial score (nSPS) is 15.2. The molecule has 1 N–H and O–H groups in total. The van der Waals surface area contributed by atoms with Crippen molar-refractivity contribution < 1.29 is 13.2 Å². The lowest BCUT2D eigenvalue weighted by Crippen LogP contribution is -2.35. The molecule has 3 aromatic rings. The first-order valence-corrected chi connectivity index (χ1v) is 12.8. The fourth-order valence-corrected chi connectivity index (χ4v) is 5.74. The minimum atomic E-state index is -3.45. The van der Waals surface area contributed by atoms with Crippen molar-refractivity contribution in [2.75, 3.05) is 13.1 Å². The number of aryl methyl sites for hydroxylation is 2. The number of benzene rings is 2. The maximum absolute atomic E-state index is 12.9. The molecule has 0 saturated carbocycles. The lowest BCUT2D eigenvalue weighted by molar-refractivity contribution is -0.121. The maximum atomic E-state index is 12.9. The minimum absolute atomic E-state index is 0.00397. The Morgan fingerprint density at radius 3 is 2.41 bits per heavy atom. The van der Waals surface area contributed by atoms with Crippen molar-refractivity contribution in [2.45, 2.75) is 57.0 Å². The predicted molar refractivity (Wildman–Crippen MR) is 127 cm³/mol. The van der Waals surface area contributed by atoms with E-state index in [0.29, 0.717) is 37.5 Å². The molecule has 1 aliphatic rings. The Hall–Kier alpha value is -2.64. The third-order valence-corrected chi connectivity index (χ3v) is 8.09. The molecule has 1 amide bonds. The minimum Gasteiger partial charge on any atom is -0.352 e. The Kier molecular flexibility index (Phi) is 6.96. The summed E-state index contributed by atoms with van der Waals surface area (Å²) in [6, 6.07) is 15.5. The van der Waals surface area contributed by atoms with Crippen molar-refractivity contribution in [3.8, 4) is 0 Å². The van der Waals surface area contributed by atoms with E-state index >= 15 is 0 Å². The quantitative estimate of drug-likeness (QED) is 0.559. The molecule has 2 heterocycles. The molecule has 0 bridgehead atoms. The third kappa shape index (κ3) is 5.05. The molecule has 1 saturated heterocycles. The first-order chi connectivity index (χ1) is 15.5. The van der Waals surface area contributed by atoms with Gasteiger partial charge in [-0.05, 0) is 54.7 Å². The van der Waals surface area contributed by atoms with E-state index in [9.17, 15) is 13.2 Å². The zero-order chi connectivity index (χ0) is 22.6. The second-order valence-corrected chi connectivity index (χ2v) is 10.3. The van der Waals surface area contributed by atoms with E-state index in [2.05, 4.69) is 24.4 Å². The zero-order valence-corrected chi connectivity index (χ0v) is 19.4. The van der Waals surface area contributed by atoms with E-state index in [4.69, 9.17) is 0 Å². The number of sulfonamides is 1. The number of amides is 1. The number of aromatic nitrogens is 1. The Morgan fingerprint density at radius 2 is 1.69 bits per heavy atom. The molecular formula is C25H31N3O3S. The fraction of sp³-hybridized carbons (Fsp3) is 0.400. The lowest BCUT2D eigenvalue weighted by atomic mass is 10.1. The van der Waals surface area contributed by atoms with Crippen molar-refractivity contribution in [1.82, 2.24) is 14.2 Å². The van der Waals surface area contributed by atoms with Crippen LogP contribution in [0, 0.1) is 0 Å². The van der Waals surface area contributed by atoms with Gasteiger partial charge in [0.25, 0.3) is 0 Å². The Labute approximate surface area is 190 Å². The van der Waals surface area contributed by atoms with Crippen molar-refractivity contribution in [3.05, 3.63) is 65.9 Å². The Morgan fingerprint density at radius 1 is 0.969 bits per heavy atom. The van der Waals surface area contributed by atoms with Gasteiger partial charge in [-0.1, -0.05) is 37.6 Å². The average molecular weight is 454 g/mol. The van der Waals surface area contributed by atoms with Gasteiger partial charge in [0, 0.05) is 49.7 Å². The van der Waals surface area contributed by atoms with E-state index in [1.807, 2.05) is 35.0 Å². The van der Waals surface area contributed by atoms with Crippen LogP contribution in [0.1, 0.15) is 43.7 Å². The number of hydrogen-bond donors (Lipinski definition) is 1. The van der Waals surface area contributed by atoms with Crippen LogP contribution in [-0.2, 0) is 34.3 Å². The zero-order valence-electron chi connectivity index (χ0n) is 18.6. The molecule has 2 aromatic carbocycles. The largest absolute Gasteiger partial charge is 0.352 e. The summed E-state index contributed by atoms with van der Waals surface area (Å²) < 4.78 is 29.5. The van der Waals surface area contributed by atoms with Gasteiger partial charge in [-0.3, -0.25) is 4.79 Å². The van der Waals surface area contributed by atoms with Gasteiger partial charge < -0.3 is 9.88 Å². The summed E-state index contributed by atoms with van der Waals surface area (Å²) in [4.78, 5) is 12.7. The van der Waals surface area contributed by atoms with Crippen LogP contribution in [0.25, 0.3) is 10.9 Å². The first kappa shape index (κ1) is 22.6. The lowest BCUT2D eigenvalue weighted by Gasteiger charge is -2.25. The SMILES string of the molecule is CCc1ccc(CNC(=O)CCn2ccc3cc(S(=O)(=O)N4CCCCC4)ccc32)cc1. The highest BCUT2D eigenvalue weighted by molar-refractivity contribution is 7.89. The number of carbonyl (C=O) groups excluding carboxylic acids is 1. The van der Waals surface area contributed by atoms with Crippen molar-refractivity contribution in [1.29, 1.82) is 0 Å². The monoisotopic (exact) mass is 453 g/mol. The van der Waals surface area contributed by atoms with Crippen molar-refractivity contribution in [3.63, 3.8) is 0 Å². The number of hydrogen-bond acceptors (Lipinski definition) is 3. The molecule has 0 spiro atoms. The van der Waals surface area contributed by atoms with E-state index in [0.717, 1.165) is 42.1 Å². The van der Waals surface area contributed by atoms with Crippen LogP contribution < -0.4 is 5.32 Å². The number of nitrogens with zero attached hydrogens (tertiary/aromatic N) is 2. The Bertz CT molecular complexity index is 1180. The molecule has 0 aliphatic carbocycles. The number of piperidine rings is 1. The van der Waals surface area contributed by atoms with Crippen LogP contribution in [0.2, 0.25) is 0 Å².